The van der Waals surface area contributed by atoms with E-state index in [1.807, 2.05) is 32.0 Å². The molecule has 0 spiro atoms. The van der Waals surface area contributed by atoms with E-state index < -0.39 is 0 Å². The maximum Gasteiger partial charge on any atom is 0.122 e. The van der Waals surface area contributed by atoms with Crippen molar-refractivity contribution in [1.82, 2.24) is 9.78 Å². The first-order valence-corrected chi connectivity index (χ1v) is 5.47. The van der Waals surface area contributed by atoms with Gasteiger partial charge >= 0.3 is 0 Å². The number of hydrogen-bond donors (Lipinski definition) is 1. The number of aromatic nitrogens is 2. The van der Waals surface area contributed by atoms with Crippen LogP contribution in [0.1, 0.15) is 25.5 Å². The molecule has 1 aromatic heterocycles. The van der Waals surface area contributed by atoms with E-state index in [4.69, 9.17) is 11.0 Å². The Morgan fingerprint density at radius 2 is 1.94 bits per heavy atom. The van der Waals surface area contributed by atoms with Gasteiger partial charge in [-0.15, -0.1) is 0 Å². The Morgan fingerprint density at radius 3 is 2.41 bits per heavy atom. The summed E-state index contributed by atoms with van der Waals surface area (Å²) >= 11 is 0. The highest BCUT2D eigenvalue weighted by atomic mass is 15.3. The van der Waals surface area contributed by atoms with Gasteiger partial charge in [-0.25, -0.2) is 4.68 Å². The molecule has 0 amide bonds. The summed E-state index contributed by atoms with van der Waals surface area (Å²) in [6, 6.07) is 11.5. The van der Waals surface area contributed by atoms with Crippen LogP contribution in [0.5, 0.6) is 0 Å². The molecular formula is C13H14N4. The van der Waals surface area contributed by atoms with Gasteiger partial charge in [-0.3, -0.25) is 0 Å². The zero-order chi connectivity index (χ0) is 12.4. The fraction of sp³-hybridized carbons (Fsp3) is 0.231. The normalized spacial score (nSPS) is 10.5. The third kappa shape index (κ3) is 2.13. The van der Waals surface area contributed by atoms with E-state index in [1.54, 1.807) is 16.8 Å². The summed E-state index contributed by atoms with van der Waals surface area (Å²) in [5.41, 5.74) is 8.33. The lowest BCUT2D eigenvalue weighted by Gasteiger charge is -2.06. The fourth-order valence-corrected chi connectivity index (χ4v) is 1.68. The van der Waals surface area contributed by atoms with Crippen molar-refractivity contribution in [2.75, 3.05) is 5.73 Å². The van der Waals surface area contributed by atoms with Gasteiger partial charge in [-0.05, 0) is 26.0 Å². The van der Waals surface area contributed by atoms with Crippen LogP contribution in [-0.4, -0.2) is 9.78 Å². The number of benzene rings is 1. The lowest BCUT2D eigenvalue weighted by molar-refractivity contribution is 0.542. The molecule has 17 heavy (non-hydrogen) atoms. The van der Waals surface area contributed by atoms with Crippen LogP contribution in [0.25, 0.3) is 11.3 Å². The van der Waals surface area contributed by atoms with Crippen LogP contribution in [-0.2, 0) is 0 Å². The number of rotatable bonds is 2. The third-order valence-electron chi connectivity index (χ3n) is 2.56. The van der Waals surface area contributed by atoms with Crippen molar-refractivity contribution >= 4 is 5.82 Å². The summed E-state index contributed by atoms with van der Waals surface area (Å²) in [4.78, 5) is 0. The molecule has 0 fully saturated rings. The van der Waals surface area contributed by atoms with Gasteiger partial charge in [0.25, 0.3) is 0 Å². The highest BCUT2D eigenvalue weighted by Gasteiger charge is 2.09. The van der Waals surface area contributed by atoms with E-state index in [2.05, 4.69) is 11.2 Å². The first-order valence-electron chi connectivity index (χ1n) is 5.47. The monoisotopic (exact) mass is 226 g/mol. The van der Waals surface area contributed by atoms with Crippen LogP contribution < -0.4 is 5.73 Å². The van der Waals surface area contributed by atoms with Crippen LogP contribution in [0.4, 0.5) is 5.82 Å². The summed E-state index contributed by atoms with van der Waals surface area (Å²) in [6.45, 7) is 4.07. The molecule has 2 N–H and O–H groups in total. The van der Waals surface area contributed by atoms with Crippen LogP contribution in [0.15, 0.2) is 30.3 Å². The molecule has 4 heteroatoms. The van der Waals surface area contributed by atoms with Crippen molar-refractivity contribution in [3.05, 3.63) is 35.9 Å². The predicted molar refractivity (Wildman–Crippen MR) is 67.2 cm³/mol. The Morgan fingerprint density at radius 1 is 1.29 bits per heavy atom. The Hall–Kier alpha value is -2.28. The summed E-state index contributed by atoms with van der Waals surface area (Å²) in [6.07, 6.45) is 0. The van der Waals surface area contributed by atoms with E-state index >= 15 is 0 Å². The van der Waals surface area contributed by atoms with E-state index in [1.165, 1.54) is 0 Å². The molecule has 2 rings (SSSR count). The molecular weight excluding hydrogens is 212 g/mol. The van der Waals surface area contributed by atoms with Gasteiger partial charge in [0.05, 0.1) is 17.3 Å². The van der Waals surface area contributed by atoms with Crippen molar-refractivity contribution in [2.24, 2.45) is 0 Å². The third-order valence-corrected chi connectivity index (χ3v) is 2.56. The zero-order valence-electron chi connectivity index (χ0n) is 9.88. The van der Waals surface area contributed by atoms with Crippen LogP contribution in [0.2, 0.25) is 0 Å². The van der Waals surface area contributed by atoms with Gasteiger partial charge < -0.3 is 5.73 Å². The summed E-state index contributed by atoms with van der Waals surface area (Å²) < 4.78 is 1.79. The molecule has 0 radical (unpaired) electrons. The number of anilines is 1. The topological polar surface area (TPSA) is 67.6 Å². The molecule has 1 aromatic carbocycles. The smallest absolute Gasteiger partial charge is 0.122 e. The highest BCUT2D eigenvalue weighted by Crippen LogP contribution is 2.22. The maximum absolute atomic E-state index is 8.73. The average molecular weight is 226 g/mol. The van der Waals surface area contributed by atoms with Gasteiger partial charge in [0, 0.05) is 17.7 Å². The zero-order valence-corrected chi connectivity index (χ0v) is 9.88. The Kier molecular flexibility index (Phi) is 2.84. The van der Waals surface area contributed by atoms with Crippen LogP contribution in [0, 0.1) is 11.3 Å². The van der Waals surface area contributed by atoms with E-state index in [0.717, 1.165) is 11.3 Å². The predicted octanol–water partition coefficient (Wildman–Crippen LogP) is 2.58. The fourth-order valence-electron chi connectivity index (χ4n) is 1.68. The lowest BCUT2D eigenvalue weighted by atomic mass is 10.1. The molecule has 0 unspecified atom stereocenters. The molecule has 0 aliphatic carbocycles. The molecule has 0 bridgehead atoms. The van der Waals surface area contributed by atoms with Crippen molar-refractivity contribution < 1.29 is 0 Å². The Balaban J connectivity index is 2.40. The van der Waals surface area contributed by atoms with E-state index in [0.29, 0.717) is 11.4 Å². The maximum atomic E-state index is 8.73. The van der Waals surface area contributed by atoms with Gasteiger partial charge in [0.15, 0.2) is 0 Å². The molecule has 1 heterocycles. The second-order valence-electron chi connectivity index (χ2n) is 4.18. The van der Waals surface area contributed by atoms with Crippen LogP contribution >= 0.6 is 0 Å². The molecule has 0 aliphatic heterocycles. The minimum absolute atomic E-state index is 0.238. The van der Waals surface area contributed by atoms with E-state index in [-0.39, 0.29) is 6.04 Å². The molecule has 0 saturated heterocycles. The first kappa shape index (κ1) is 11.2. The molecule has 2 aromatic rings. The van der Waals surface area contributed by atoms with Gasteiger partial charge in [-0.2, -0.15) is 10.4 Å². The highest BCUT2D eigenvalue weighted by molar-refractivity contribution is 5.63. The van der Waals surface area contributed by atoms with Crippen molar-refractivity contribution in [3.8, 4) is 17.3 Å². The SMILES string of the molecule is CC(C)n1nc(-c2ccc(C#N)cc2)cc1N. The number of nitriles is 1. The second kappa shape index (κ2) is 4.30. The van der Waals surface area contributed by atoms with Crippen molar-refractivity contribution in [2.45, 2.75) is 19.9 Å². The minimum Gasteiger partial charge on any atom is -0.384 e. The summed E-state index contributed by atoms with van der Waals surface area (Å²) in [5, 5.41) is 13.2. The molecule has 86 valence electrons. The second-order valence-corrected chi connectivity index (χ2v) is 4.18. The lowest BCUT2D eigenvalue weighted by Crippen LogP contribution is -2.06. The molecule has 0 atom stereocenters. The Labute approximate surface area is 100 Å². The van der Waals surface area contributed by atoms with Crippen LogP contribution in [0.3, 0.4) is 0 Å². The first-order chi connectivity index (χ1) is 8.11. The quantitative estimate of drug-likeness (QED) is 0.855. The van der Waals surface area contributed by atoms with Gasteiger partial charge in [0.2, 0.25) is 0 Å². The number of nitrogens with zero attached hydrogens (tertiary/aromatic N) is 3. The minimum atomic E-state index is 0.238. The molecule has 4 nitrogen and oxygen atoms in total. The van der Waals surface area contributed by atoms with E-state index in [9.17, 15) is 0 Å². The molecule has 0 aliphatic rings. The van der Waals surface area contributed by atoms with Crippen molar-refractivity contribution in [1.29, 1.82) is 5.26 Å². The number of nitrogen functional groups attached to an aromatic ring is 1. The Bertz CT molecular complexity index is 558. The summed E-state index contributed by atoms with van der Waals surface area (Å²) in [5.74, 6) is 0.652. The standard InChI is InChI=1S/C13H14N4/c1-9(2)17-13(15)7-12(16-17)11-5-3-10(8-14)4-6-11/h3-7,9H,15H2,1-2H3. The molecule has 0 saturated carbocycles. The average Bonchev–Trinajstić information content (AvgIpc) is 2.71. The van der Waals surface area contributed by atoms with Gasteiger partial charge in [0.1, 0.15) is 5.82 Å². The summed E-state index contributed by atoms with van der Waals surface area (Å²) in [7, 11) is 0. The largest absolute Gasteiger partial charge is 0.384 e. The number of hydrogen-bond acceptors (Lipinski definition) is 3. The van der Waals surface area contributed by atoms with Gasteiger partial charge in [-0.1, -0.05) is 12.1 Å². The number of nitrogens with two attached hydrogens (primary N) is 1. The van der Waals surface area contributed by atoms with Crippen molar-refractivity contribution in [3.63, 3.8) is 0 Å².